The van der Waals surface area contributed by atoms with Gasteiger partial charge in [-0.15, -0.1) is 0 Å². The van der Waals surface area contributed by atoms with Crippen LogP contribution in [-0.4, -0.2) is 40.3 Å². The van der Waals surface area contributed by atoms with E-state index in [0.717, 1.165) is 18.7 Å². The van der Waals surface area contributed by atoms with Crippen LogP contribution in [0.2, 0.25) is 0 Å². The second-order valence-corrected chi connectivity index (χ2v) is 6.25. The lowest BCUT2D eigenvalue weighted by molar-refractivity contribution is -0.0623. The summed E-state index contributed by atoms with van der Waals surface area (Å²) in [5, 5.41) is 10.8. The van der Waals surface area contributed by atoms with Gasteiger partial charge in [0, 0.05) is 13.1 Å². The molecule has 1 aliphatic heterocycles. The molecule has 1 N–H and O–H groups in total. The summed E-state index contributed by atoms with van der Waals surface area (Å²) in [5.74, 6) is -0.152. The summed E-state index contributed by atoms with van der Waals surface area (Å²) in [6.07, 6.45) is 2.68. The average molecular weight is 334 g/mol. The number of β-amino-alcohol motifs (C(OH)–C–C–N with tert-alkyl or cyclic N) is 1. The molecule has 0 saturated carbocycles. The predicted octanol–water partition coefficient (Wildman–Crippen LogP) is 2.77. The molecule has 6 heteroatoms. The molecule has 0 bridgehead atoms. The van der Waals surface area contributed by atoms with Gasteiger partial charge < -0.3 is 9.84 Å². The molecule has 3 rings (SSSR count). The van der Waals surface area contributed by atoms with E-state index in [0.29, 0.717) is 25.3 Å². The Hall–Kier alpha value is -2.05. The number of rotatable bonds is 5. The molecule has 128 valence electrons. The van der Waals surface area contributed by atoms with E-state index in [1.165, 1.54) is 24.4 Å². The van der Waals surface area contributed by atoms with Gasteiger partial charge in [0.15, 0.2) is 0 Å². The number of nitrogens with zero attached hydrogens (tertiary/aromatic N) is 2. The Morgan fingerprint density at radius 1 is 1.12 bits per heavy atom. The van der Waals surface area contributed by atoms with Crippen molar-refractivity contribution in [2.45, 2.75) is 25.0 Å². The zero-order valence-corrected chi connectivity index (χ0v) is 13.3. The van der Waals surface area contributed by atoms with Crippen molar-refractivity contribution in [3.8, 4) is 5.75 Å². The molecule has 0 spiro atoms. The van der Waals surface area contributed by atoms with Crippen LogP contribution in [0.3, 0.4) is 0 Å². The molecular weight excluding hydrogens is 314 g/mol. The first-order valence-electron chi connectivity index (χ1n) is 7.96. The van der Waals surface area contributed by atoms with Crippen molar-refractivity contribution < 1.29 is 18.6 Å². The number of hydrogen-bond acceptors (Lipinski definition) is 4. The summed E-state index contributed by atoms with van der Waals surface area (Å²) in [5.41, 5.74) is -0.202. The molecule has 1 aromatic carbocycles. The highest BCUT2D eigenvalue weighted by atomic mass is 19.1. The van der Waals surface area contributed by atoms with Crippen molar-refractivity contribution in [2.24, 2.45) is 0 Å². The van der Waals surface area contributed by atoms with Gasteiger partial charge in [-0.3, -0.25) is 9.88 Å². The van der Waals surface area contributed by atoms with Gasteiger partial charge in [0.05, 0.1) is 11.9 Å². The maximum atomic E-state index is 12.9. The van der Waals surface area contributed by atoms with E-state index in [1.807, 2.05) is 0 Å². The number of ether oxygens (including phenoxy) is 1. The van der Waals surface area contributed by atoms with Crippen molar-refractivity contribution >= 4 is 0 Å². The minimum absolute atomic E-state index is 0.145. The Bertz CT molecular complexity index is 664. The molecule has 0 radical (unpaired) electrons. The normalized spacial score (nSPS) is 21.6. The van der Waals surface area contributed by atoms with Crippen molar-refractivity contribution in [3.63, 3.8) is 0 Å². The van der Waals surface area contributed by atoms with E-state index >= 15 is 0 Å². The summed E-state index contributed by atoms with van der Waals surface area (Å²) < 4.78 is 31.4. The van der Waals surface area contributed by atoms with E-state index in [9.17, 15) is 13.9 Å². The van der Waals surface area contributed by atoms with Gasteiger partial charge in [0.2, 0.25) is 0 Å². The second kappa shape index (κ2) is 7.23. The van der Waals surface area contributed by atoms with Gasteiger partial charge in [0.1, 0.15) is 29.6 Å². The molecular formula is C18H20F2N2O2. The van der Waals surface area contributed by atoms with Crippen molar-refractivity contribution in [3.05, 3.63) is 59.9 Å². The summed E-state index contributed by atoms with van der Waals surface area (Å²) in [4.78, 5) is 6.14. The van der Waals surface area contributed by atoms with Crippen LogP contribution in [0.15, 0.2) is 42.6 Å². The molecule has 1 unspecified atom stereocenters. The van der Waals surface area contributed by atoms with E-state index in [4.69, 9.17) is 4.74 Å². The number of aromatic nitrogens is 1. The van der Waals surface area contributed by atoms with Gasteiger partial charge in [-0.2, -0.15) is 0 Å². The van der Waals surface area contributed by atoms with E-state index in [1.54, 1.807) is 18.2 Å². The Kier molecular flexibility index (Phi) is 5.06. The Balaban J connectivity index is 1.56. The molecule has 24 heavy (non-hydrogen) atoms. The second-order valence-electron chi connectivity index (χ2n) is 6.25. The molecule has 2 aromatic rings. The first-order valence-corrected chi connectivity index (χ1v) is 7.96. The largest absolute Gasteiger partial charge is 0.491 e. The predicted molar refractivity (Wildman–Crippen MR) is 85.6 cm³/mol. The summed E-state index contributed by atoms with van der Waals surface area (Å²) in [6, 6.07) is 8.77. The number of aliphatic hydroxyl groups is 1. The lowest BCUT2D eigenvalue weighted by atomic mass is 9.93. The summed E-state index contributed by atoms with van der Waals surface area (Å²) in [6.45, 7) is 2.00. The average Bonchev–Trinajstić information content (AvgIpc) is 2.57. The first-order chi connectivity index (χ1) is 11.5. The third-order valence-electron chi connectivity index (χ3n) is 4.13. The van der Waals surface area contributed by atoms with Crippen LogP contribution >= 0.6 is 0 Å². The van der Waals surface area contributed by atoms with Crippen LogP contribution < -0.4 is 4.74 Å². The lowest BCUT2D eigenvalue weighted by Crippen LogP contribution is -2.51. The number of likely N-dealkylation sites (tertiary alicyclic amines) is 1. The third kappa shape index (κ3) is 4.49. The van der Waals surface area contributed by atoms with Crippen LogP contribution in [0.25, 0.3) is 0 Å². The fourth-order valence-electron chi connectivity index (χ4n) is 2.94. The molecule has 1 fully saturated rings. The fraction of sp³-hybridized carbons (Fsp3) is 0.389. The topological polar surface area (TPSA) is 45.6 Å². The van der Waals surface area contributed by atoms with Gasteiger partial charge in [0.25, 0.3) is 0 Å². The van der Waals surface area contributed by atoms with Crippen LogP contribution in [-0.2, 0) is 6.54 Å². The third-order valence-corrected chi connectivity index (χ3v) is 4.13. The molecule has 4 nitrogen and oxygen atoms in total. The van der Waals surface area contributed by atoms with Gasteiger partial charge in [-0.05, 0) is 55.8 Å². The maximum Gasteiger partial charge on any atom is 0.141 e. The van der Waals surface area contributed by atoms with E-state index in [2.05, 4.69) is 9.88 Å². The van der Waals surface area contributed by atoms with Crippen molar-refractivity contribution in [1.29, 1.82) is 0 Å². The number of benzene rings is 1. The fourth-order valence-corrected chi connectivity index (χ4v) is 2.94. The zero-order chi connectivity index (χ0) is 17.0. The lowest BCUT2D eigenvalue weighted by Gasteiger charge is -2.38. The van der Waals surface area contributed by atoms with Crippen molar-refractivity contribution in [2.75, 3.05) is 19.7 Å². The number of halogens is 2. The number of pyridine rings is 1. The van der Waals surface area contributed by atoms with Gasteiger partial charge in [-0.1, -0.05) is 0 Å². The van der Waals surface area contributed by atoms with Crippen LogP contribution in [0.5, 0.6) is 5.75 Å². The summed E-state index contributed by atoms with van der Waals surface area (Å²) in [7, 11) is 0. The standard InChI is InChI=1S/C18H20F2N2O2/c19-14-3-6-17(7-4-14)24-13-18(23)8-1-9-22(12-18)11-16-5-2-15(20)10-21-16/h2-7,10,23H,1,8-9,11-13H2. The maximum absolute atomic E-state index is 12.9. The Morgan fingerprint density at radius 3 is 2.58 bits per heavy atom. The molecule has 2 heterocycles. The first kappa shape index (κ1) is 16.8. The van der Waals surface area contributed by atoms with E-state index in [-0.39, 0.29) is 18.2 Å². The SMILES string of the molecule is OC1(COc2ccc(F)cc2)CCCN(Cc2ccc(F)cn2)C1. The quantitative estimate of drug-likeness (QED) is 0.913. The van der Waals surface area contributed by atoms with Crippen LogP contribution in [0, 0.1) is 11.6 Å². The van der Waals surface area contributed by atoms with Gasteiger partial charge >= 0.3 is 0 Å². The van der Waals surface area contributed by atoms with Gasteiger partial charge in [-0.25, -0.2) is 8.78 Å². The highest BCUT2D eigenvalue weighted by molar-refractivity contribution is 5.22. The van der Waals surface area contributed by atoms with Crippen LogP contribution in [0.1, 0.15) is 18.5 Å². The monoisotopic (exact) mass is 334 g/mol. The molecule has 1 atom stereocenters. The molecule has 1 saturated heterocycles. The highest BCUT2D eigenvalue weighted by Gasteiger charge is 2.34. The minimum atomic E-state index is -0.966. The number of piperidine rings is 1. The van der Waals surface area contributed by atoms with Crippen LogP contribution in [0.4, 0.5) is 8.78 Å². The summed E-state index contributed by atoms with van der Waals surface area (Å²) >= 11 is 0. The molecule has 1 aromatic heterocycles. The molecule has 0 amide bonds. The molecule has 1 aliphatic rings. The van der Waals surface area contributed by atoms with E-state index < -0.39 is 5.60 Å². The Morgan fingerprint density at radius 2 is 1.88 bits per heavy atom. The van der Waals surface area contributed by atoms with Crippen molar-refractivity contribution in [1.82, 2.24) is 9.88 Å². The smallest absolute Gasteiger partial charge is 0.141 e. The molecule has 0 aliphatic carbocycles. The Labute approximate surface area is 139 Å². The zero-order valence-electron chi connectivity index (χ0n) is 13.3. The minimum Gasteiger partial charge on any atom is -0.491 e. The number of hydrogen-bond donors (Lipinski definition) is 1. The highest BCUT2D eigenvalue weighted by Crippen LogP contribution is 2.24.